The molecule has 1 aliphatic rings. The Kier molecular flexibility index (Phi) is 6.75. The lowest BCUT2D eigenvalue weighted by Crippen LogP contribution is -2.41. The summed E-state index contributed by atoms with van der Waals surface area (Å²) in [6.45, 7) is 8.93. The second-order valence-corrected chi connectivity index (χ2v) is 12.5. The van der Waals surface area contributed by atoms with Crippen LogP contribution in [0.5, 0.6) is 0 Å². The summed E-state index contributed by atoms with van der Waals surface area (Å²) in [5.74, 6) is -0.231. The molecule has 0 fully saturated rings. The van der Waals surface area contributed by atoms with Crippen LogP contribution in [0.1, 0.15) is 89.8 Å². The minimum Gasteiger partial charge on any atom is -0.268 e. The molecule has 0 radical (unpaired) electrons. The molecule has 6 nitrogen and oxygen atoms in total. The summed E-state index contributed by atoms with van der Waals surface area (Å²) in [5.41, 5.74) is 13.7. The van der Waals surface area contributed by atoms with Crippen LogP contribution in [-0.4, -0.2) is 18.4 Å². The predicted molar refractivity (Wildman–Crippen MR) is 180 cm³/mol. The molecule has 1 aliphatic heterocycles. The third-order valence-corrected chi connectivity index (χ3v) is 9.32. The Morgan fingerprint density at radius 3 is 1.82 bits per heavy atom. The SMILES string of the molecule is CC(C)c1cccc(C(C)C)c1N1C(=O)c2ccc3c4cccc5c(CCCCN=[N+]=[N-])ccc(c6ccc(c2c36)C1=O)c54. The topological polar surface area (TPSA) is 86.1 Å². The van der Waals surface area contributed by atoms with Gasteiger partial charge >= 0.3 is 0 Å². The van der Waals surface area contributed by atoms with Gasteiger partial charge in [0.25, 0.3) is 11.8 Å². The molecular formula is C38H34N4O2. The highest BCUT2D eigenvalue weighted by atomic mass is 16.2. The van der Waals surface area contributed by atoms with Gasteiger partial charge in [-0.15, -0.1) is 0 Å². The Morgan fingerprint density at radius 2 is 1.20 bits per heavy atom. The lowest BCUT2D eigenvalue weighted by Gasteiger charge is -2.32. The number of rotatable bonds is 8. The van der Waals surface area contributed by atoms with E-state index in [2.05, 4.69) is 80.2 Å². The Morgan fingerprint density at radius 1 is 0.659 bits per heavy atom. The Labute approximate surface area is 256 Å². The number of fused-ring (bicyclic) bond motifs is 2. The zero-order valence-corrected chi connectivity index (χ0v) is 25.5. The third kappa shape index (κ3) is 4.05. The van der Waals surface area contributed by atoms with Crippen LogP contribution in [0.25, 0.3) is 53.5 Å². The third-order valence-electron chi connectivity index (χ3n) is 9.32. The molecule has 0 aliphatic carbocycles. The molecule has 1 heterocycles. The van der Waals surface area contributed by atoms with Crippen LogP contribution < -0.4 is 4.90 Å². The van der Waals surface area contributed by atoms with Gasteiger partial charge in [0.2, 0.25) is 0 Å². The Balaban J connectivity index is 1.45. The molecule has 218 valence electrons. The highest BCUT2D eigenvalue weighted by Crippen LogP contribution is 2.46. The van der Waals surface area contributed by atoms with Crippen molar-refractivity contribution >= 4 is 60.6 Å². The lowest BCUT2D eigenvalue weighted by atomic mass is 9.83. The molecule has 0 spiro atoms. The van der Waals surface area contributed by atoms with E-state index in [4.69, 9.17) is 5.53 Å². The average Bonchev–Trinajstić information content (AvgIpc) is 3.02. The first-order valence-electron chi connectivity index (χ1n) is 15.5. The summed E-state index contributed by atoms with van der Waals surface area (Å²) < 4.78 is 0. The summed E-state index contributed by atoms with van der Waals surface area (Å²) >= 11 is 0. The number of para-hydroxylation sites is 1. The Hall–Kier alpha value is -4.93. The number of hydrogen-bond acceptors (Lipinski definition) is 3. The second-order valence-electron chi connectivity index (χ2n) is 12.5. The fourth-order valence-corrected chi connectivity index (χ4v) is 7.28. The van der Waals surface area contributed by atoms with Gasteiger partial charge in [-0.1, -0.05) is 93.5 Å². The lowest BCUT2D eigenvalue weighted by molar-refractivity contribution is 0.0893. The van der Waals surface area contributed by atoms with Crippen molar-refractivity contribution in [3.05, 3.63) is 111 Å². The van der Waals surface area contributed by atoms with Gasteiger partial charge in [0, 0.05) is 28.0 Å². The van der Waals surface area contributed by atoms with Gasteiger partial charge in [-0.2, -0.15) is 0 Å². The molecule has 0 saturated heterocycles. The van der Waals surface area contributed by atoms with Gasteiger partial charge in [-0.3, -0.25) is 9.59 Å². The van der Waals surface area contributed by atoms with E-state index < -0.39 is 0 Å². The average molecular weight is 579 g/mol. The zero-order chi connectivity index (χ0) is 30.7. The first kappa shape index (κ1) is 27.9. The van der Waals surface area contributed by atoms with Crippen LogP contribution >= 0.6 is 0 Å². The number of azide groups is 1. The molecule has 0 unspecified atom stereocenters. The van der Waals surface area contributed by atoms with Crippen LogP contribution in [0.2, 0.25) is 0 Å². The van der Waals surface area contributed by atoms with E-state index in [1.54, 1.807) is 0 Å². The van der Waals surface area contributed by atoms with E-state index in [9.17, 15) is 9.59 Å². The van der Waals surface area contributed by atoms with Crippen molar-refractivity contribution in [3.8, 4) is 0 Å². The van der Waals surface area contributed by atoms with Crippen LogP contribution in [0.15, 0.2) is 77.9 Å². The second kappa shape index (κ2) is 10.7. The van der Waals surface area contributed by atoms with Crippen molar-refractivity contribution in [2.75, 3.05) is 11.4 Å². The van der Waals surface area contributed by atoms with Crippen molar-refractivity contribution in [3.63, 3.8) is 0 Å². The fourth-order valence-electron chi connectivity index (χ4n) is 7.28. The molecular weight excluding hydrogens is 544 g/mol. The maximum absolute atomic E-state index is 14.4. The summed E-state index contributed by atoms with van der Waals surface area (Å²) in [7, 11) is 0. The van der Waals surface area contributed by atoms with Gasteiger partial charge in [0.05, 0.1) is 5.69 Å². The number of nitrogens with zero attached hydrogens (tertiary/aromatic N) is 4. The van der Waals surface area contributed by atoms with E-state index in [1.807, 2.05) is 30.3 Å². The van der Waals surface area contributed by atoms with E-state index in [0.29, 0.717) is 17.7 Å². The number of unbranched alkanes of at least 4 members (excludes halogenated alkanes) is 1. The largest absolute Gasteiger partial charge is 0.268 e. The maximum Gasteiger partial charge on any atom is 0.266 e. The van der Waals surface area contributed by atoms with Gasteiger partial charge in [-0.25, -0.2) is 4.90 Å². The molecule has 6 aromatic carbocycles. The molecule has 0 N–H and O–H groups in total. The first-order chi connectivity index (χ1) is 21.3. The standard InChI is InChI=1S/C38H34N4O2/c1-21(2)24-10-7-11-25(22(3)4)36(24)42-37(43)31-18-16-29-27-13-8-12-26-23(9-5-6-20-40-41-39)14-15-28(33(26)27)30-17-19-32(38(42)44)35(31)34(29)30/h7-8,10-19,21-22H,5-6,9,20H2,1-4H3. The van der Waals surface area contributed by atoms with E-state index >= 15 is 0 Å². The summed E-state index contributed by atoms with van der Waals surface area (Å²) in [4.78, 5) is 33.1. The minimum absolute atomic E-state index is 0.147. The number of hydrogen-bond donors (Lipinski definition) is 0. The predicted octanol–water partition coefficient (Wildman–Crippen LogP) is 10.4. The number of anilines is 1. The Bertz CT molecular complexity index is 2090. The van der Waals surface area contributed by atoms with Gasteiger partial charge in [0.1, 0.15) is 0 Å². The molecule has 0 bridgehead atoms. The van der Waals surface area contributed by atoms with Gasteiger partial charge in [-0.05, 0) is 103 Å². The quantitative estimate of drug-likeness (QED) is 0.0342. The molecule has 0 saturated carbocycles. The van der Waals surface area contributed by atoms with Crippen LogP contribution in [0.3, 0.4) is 0 Å². The highest BCUT2D eigenvalue weighted by molar-refractivity contribution is 6.42. The minimum atomic E-state index is -0.263. The van der Waals surface area contributed by atoms with Crippen molar-refractivity contribution in [1.29, 1.82) is 0 Å². The number of benzene rings is 6. The maximum atomic E-state index is 14.4. The zero-order valence-electron chi connectivity index (χ0n) is 25.5. The fraction of sp³-hybridized carbons (Fsp3) is 0.263. The summed E-state index contributed by atoms with van der Waals surface area (Å²) in [5, 5.41) is 12.2. The summed E-state index contributed by atoms with van der Waals surface area (Å²) in [6, 6.07) is 24.9. The van der Waals surface area contributed by atoms with Gasteiger partial charge in [0.15, 0.2) is 0 Å². The van der Waals surface area contributed by atoms with Gasteiger partial charge < -0.3 is 0 Å². The summed E-state index contributed by atoms with van der Waals surface area (Å²) in [6.07, 6.45) is 2.69. The monoisotopic (exact) mass is 578 g/mol. The normalized spacial score (nSPS) is 13.4. The van der Waals surface area contributed by atoms with E-state index in [0.717, 1.165) is 68.4 Å². The molecule has 0 aromatic heterocycles. The molecule has 2 amide bonds. The van der Waals surface area contributed by atoms with E-state index in [1.165, 1.54) is 21.2 Å². The van der Waals surface area contributed by atoms with Crippen LogP contribution in [-0.2, 0) is 6.42 Å². The number of amides is 2. The van der Waals surface area contributed by atoms with Crippen LogP contribution in [0, 0.1) is 0 Å². The molecule has 44 heavy (non-hydrogen) atoms. The molecule has 7 rings (SSSR count). The highest BCUT2D eigenvalue weighted by Gasteiger charge is 2.37. The van der Waals surface area contributed by atoms with Crippen LogP contribution in [0.4, 0.5) is 5.69 Å². The van der Waals surface area contributed by atoms with E-state index in [-0.39, 0.29) is 23.7 Å². The first-order valence-corrected chi connectivity index (χ1v) is 15.5. The molecule has 6 heteroatoms. The molecule has 0 atom stereocenters. The number of imide groups is 1. The number of carbonyl (C=O) groups excluding carboxylic acids is 2. The van der Waals surface area contributed by atoms with Crippen molar-refractivity contribution in [2.24, 2.45) is 5.11 Å². The smallest absolute Gasteiger partial charge is 0.266 e. The number of carbonyl (C=O) groups is 2. The van der Waals surface area contributed by atoms with Crippen molar-refractivity contribution < 1.29 is 9.59 Å². The number of aryl methyl sites for hydroxylation is 1. The van der Waals surface area contributed by atoms with Crippen molar-refractivity contribution in [2.45, 2.75) is 58.8 Å². The molecule has 6 aromatic rings. The van der Waals surface area contributed by atoms with Crippen molar-refractivity contribution in [1.82, 2.24) is 0 Å².